The predicted molar refractivity (Wildman–Crippen MR) is 70.6 cm³/mol. The van der Waals surface area contributed by atoms with Crippen molar-refractivity contribution < 1.29 is 18.6 Å². The number of imidazole rings is 1. The van der Waals surface area contributed by atoms with Gasteiger partial charge in [-0.3, -0.25) is 0 Å². The van der Waals surface area contributed by atoms with Crippen LogP contribution in [0.5, 0.6) is 5.75 Å². The van der Waals surface area contributed by atoms with Crippen LogP contribution in [-0.2, 0) is 6.54 Å². The minimum absolute atomic E-state index is 0.107. The second-order valence-electron chi connectivity index (χ2n) is 4.37. The van der Waals surface area contributed by atoms with E-state index in [4.69, 9.17) is 0 Å². The molecule has 0 saturated carbocycles. The Labute approximate surface area is 115 Å². The zero-order valence-electron chi connectivity index (χ0n) is 11.0. The molecule has 0 spiro atoms. The maximum atomic E-state index is 12.1. The van der Waals surface area contributed by atoms with Crippen molar-refractivity contribution in [3.05, 3.63) is 36.7 Å². The Balaban J connectivity index is 2.17. The van der Waals surface area contributed by atoms with Crippen molar-refractivity contribution in [1.29, 1.82) is 0 Å². The molecule has 0 radical (unpaired) electrons. The second kappa shape index (κ2) is 6.47. The first-order chi connectivity index (χ1) is 9.60. The molecule has 1 N–H and O–H groups in total. The Bertz CT molecular complexity index is 540. The van der Waals surface area contributed by atoms with Crippen molar-refractivity contribution in [2.24, 2.45) is 0 Å². The lowest BCUT2D eigenvalue weighted by Gasteiger charge is -2.12. The first-order valence-corrected chi connectivity index (χ1v) is 6.34. The summed E-state index contributed by atoms with van der Waals surface area (Å²) in [6, 6.07) is 6.26. The van der Waals surface area contributed by atoms with Crippen LogP contribution >= 0.6 is 0 Å². The van der Waals surface area contributed by atoms with E-state index < -0.39 is 12.7 Å². The van der Waals surface area contributed by atoms with Crippen molar-refractivity contribution in [2.45, 2.75) is 32.6 Å². The molecule has 2 rings (SSSR count). The Hall–Kier alpha value is -1.95. The van der Waals surface area contributed by atoms with Crippen LogP contribution in [0.15, 0.2) is 36.7 Å². The molecule has 1 aromatic heterocycles. The fraction of sp³-hybridized carbons (Fsp3) is 0.357. The lowest BCUT2D eigenvalue weighted by Crippen LogP contribution is -2.14. The number of alkyl halides is 2. The number of aromatic nitrogens is 2. The number of aliphatic hydroxyl groups is 1. The van der Waals surface area contributed by atoms with Gasteiger partial charge in [0.05, 0.1) is 12.6 Å². The van der Waals surface area contributed by atoms with Crippen LogP contribution in [0.4, 0.5) is 8.78 Å². The number of ether oxygens (including phenoxy) is 1. The summed E-state index contributed by atoms with van der Waals surface area (Å²) in [5.41, 5.74) is 0.778. The molecule has 0 aliphatic heterocycles. The first kappa shape index (κ1) is 14.5. The van der Waals surface area contributed by atoms with Crippen LogP contribution < -0.4 is 4.74 Å². The molecule has 0 saturated heterocycles. The van der Waals surface area contributed by atoms with Crippen molar-refractivity contribution in [3.63, 3.8) is 0 Å². The molecule has 108 valence electrons. The number of hydrogen-bond acceptors (Lipinski definition) is 3. The summed E-state index contributed by atoms with van der Waals surface area (Å²) in [6.45, 7) is -0.485. The zero-order valence-corrected chi connectivity index (χ0v) is 11.0. The van der Waals surface area contributed by atoms with Gasteiger partial charge < -0.3 is 14.4 Å². The van der Waals surface area contributed by atoms with Crippen LogP contribution in [0.1, 0.15) is 13.3 Å². The highest BCUT2D eigenvalue weighted by Crippen LogP contribution is 2.22. The number of aliphatic hydroxyl groups excluding tert-OH is 1. The van der Waals surface area contributed by atoms with E-state index in [9.17, 15) is 13.9 Å². The summed E-state index contributed by atoms with van der Waals surface area (Å²) in [5.74, 6) is 0.788. The van der Waals surface area contributed by atoms with Crippen LogP contribution in [0.3, 0.4) is 0 Å². The van der Waals surface area contributed by atoms with Crippen LogP contribution in [0.25, 0.3) is 11.4 Å². The lowest BCUT2D eigenvalue weighted by molar-refractivity contribution is -0.0498. The molecule has 0 bridgehead atoms. The second-order valence-corrected chi connectivity index (χ2v) is 4.37. The molecule has 0 fully saturated rings. The summed E-state index contributed by atoms with van der Waals surface area (Å²) in [7, 11) is 0. The average Bonchev–Trinajstić information content (AvgIpc) is 2.87. The molecule has 0 aliphatic rings. The van der Waals surface area contributed by atoms with Gasteiger partial charge in [0.25, 0.3) is 0 Å². The van der Waals surface area contributed by atoms with E-state index in [1.165, 1.54) is 12.1 Å². The lowest BCUT2D eigenvalue weighted by atomic mass is 10.2. The number of halogens is 2. The molecule has 4 nitrogen and oxygen atoms in total. The Morgan fingerprint density at radius 3 is 2.60 bits per heavy atom. The topological polar surface area (TPSA) is 47.3 Å². The van der Waals surface area contributed by atoms with E-state index in [1.807, 2.05) is 11.5 Å². The summed E-state index contributed by atoms with van der Waals surface area (Å²) in [5, 5.41) is 9.69. The van der Waals surface area contributed by atoms with Gasteiger partial charge in [-0.2, -0.15) is 8.78 Å². The molecular formula is C14H16F2N2O2. The third-order valence-corrected chi connectivity index (χ3v) is 2.93. The van der Waals surface area contributed by atoms with Gasteiger partial charge in [0.15, 0.2) is 0 Å². The Morgan fingerprint density at radius 1 is 1.30 bits per heavy atom. The van der Waals surface area contributed by atoms with Crippen LogP contribution in [-0.4, -0.2) is 27.4 Å². The highest BCUT2D eigenvalue weighted by atomic mass is 19.3. The molecule has 1 unspecified atom stereocenters. The molecule has 1 heterocycles. The van der Waals surface area contributed by atoms with Crippen molar-refractivity contribution in [2.75, 3.05) is 0 Å². The molecule has 1 aromatic carbocycles. The number of hydrogen-bond donors (Lipinski definition) is 1. The van der Waals surface area contributed by atoms with E-state index in [1.54, 1.807) is 24.5 Å². The zero-order chi connectivity index (χ0) is 14.5. The smallest absolute Gasteiger partial charge is 0.387 e. The van der Waals surface area contributed by atoms with Crippen LogP contribution in [0, 0.1) is 0 Å². The predicted octanol–water partition coefficient (Wildman–Crippen LogP) is 2.92. The van der Waals surface area contributed by atoms with Gasteiger partial charge in [-0.25, -0.2) is 4.98 Å². The van der Waals surface area contributed by atoms with Crippen molar-refractivity contribution in [3.8, 4) is 17.1 Å². The van der Waals surface area contributed by atoms with E-state index in [0.29, 0.717) is 18.8 Å². The minimum Gasteiger partial charge on any atom is -0.435 e. The Kier molecular flexibility index (Phi) is 4.68. The van der Waals surface area contributed by atoms with Gasteiger partial charge in [0.2, 0.25) is 0 Å². The van der Waals surface area contributed by atoms with Gasteiger partial charge in [-0.05, 0) is 30.7 Å². The largest absolute Gasteiger partial charge is 0.435 e. The van der Waals surface area contributed by atoms with E-state index >= 15 is 0 Å². The monoisotopic (exact) mass is 282 g/mol. The molecule has 6 heteroatoms. The molecule has 0 amide bonds. The normalized spacial score (nSPS) is 12.7. The maximum absolute atomic E-state index is 12.1. The number of benzene rings is 1. The molecule has 0 aliphatic carbocycles. The van der Waals surface area contributed by atoms with Gasteiger partial charge in [0.1, 0.15) is 11.6 Å². The fourth-order valence-electron chi connectivity index (χ4n) is 1.86. The highest BCUT2D eigenvalue weighted by Gasteiger charge is 2.10. The van der Waals surface area contributed by atoms with Gasteiger partial charge in [-0.15, -0.1) is 0 Å². The SMILES string of the molecule is CCC(O)Cn1ccnc1-c1ccc(OC(F)F)cc1. The third-order valence-electron chi connectivity index (χ3n) is 2.93. The standard InChI is InChI=1S/C14H16F2N2O2/c1-2-11(19)9-18-8-7-17-13(18)10-3-5-12(6-4-10)20-14(15)16/h3-8,11,14,19H,2,9H2,1H3. The summed E-state index contributed by atoms with van der Waals surface area (Å²) in [4.78, 5) is 4.23. The van der Waals surface area contributed by atoms with E-state index in [2.05, 4.69) is 9.72 Å². The highest BCUT2D eigenvalue weighted by molar-refractivity contribution is 5.56. The quantitative estimate of drug-likeness (QED) is 0.886. The van der Waals surface area contributed by atoms with Crippen LogP contribution in [0.2, 0.25) is 0 Å². The Morgan fingerprint density at radius 2 is 2.00 bits per heavy atom. The molecule has 20 heavy (non-hydrogen) atoms. The van der Waals surface area contributed by atoms with Gasteiger partial charge in [0, 0.05) is 18.0 Å². The minimum atomic E-state index is -2.83. The number of rotatable bonds is 6. The third kappa shape index (κ3) is 3.54. The van der Waals surface area contributed by atoms with E-state index in [0.717, 1.165) is 5.56 Å². The van der Waals surface area contributed by atoms with Crippen molar-refractivity contribution in [1.82, 2.24) is 9.55 Å². The summed E-state index contributed by atoms with van der Waals surface area (Å²) >= 11 is 0. The van der Waals surface area contributed by atoms with E-state index in [-0.39, 0.29) is 5.75 Å². The molecule has 1 atom stereocenters. The summed E-state index contributed by atoms with van der Waals surface area (Å²) in [6.07, 6.45) is 3.63. The summed E-state index contributed by atoms with van der Waals surface area (Å²) < 4.78 is 30.3. The first-order valence-electron chi connectivity index (χ1n) is 6.34. The fourth-order valence-corrected chi connectivity index (χ4v) is 1.86. The maximum Gasteiger partial charge on any atom is 0.387 e. The van der Waals surface area contributed by atoms with Gasteiger partial charge >= 0.3 is 6.61 Å². The number of nitrogens with zero attached hydrogens (tertiary/aromatic N) is 2. The molecule has 2 aromatic rings. The van der Waals surface area contributed by atoms with Gasteiger partial charge in [-0.1, -0.05) is 6.92 Å². The molecular weight excluding hydrogens is 266 g/mol. The van der Waals surface area contributed by atoms with Crippen molar-refractivity contribution >= 4 is 0 Å². The average molecular weight is 282 g/mol.